The number of carboxylic acid groups (broad SMARTS) is 1. The molecule has 9 heteroatoms. The van der Waals surface area contributed by atoms with Crippen LogP contribution in [0.3, 0.4) is 0 Å². The standard InChI is InChI=1S/CH2N2O5S2/c4-1(5)2-9(6)3-10(7)8/h2H,(H,4,5). The van der Waals surface area contributed by atoms with E-state index in [0.717, 1.165) is 0 Å². The lowest BCUT2D eigenvalue weighted by molar-refractivity contribution is 0.201. The summed E-state index contributed by atoms with van der Waals surface area (Å²) < 4.78 is 33.0. The normalized spacial score (nSPS) is 11.6. The Bertz CT molecular complexity index is 268. The van der Waals surface area contributed by atoms with E-state index in [4.69, 9.17) is 5.11 Å². The molecule has 0 saturated heterocycles. The molecule has 10 heavy (non-hydrogen) atoms. The summed E-state index contributed by atoms with van der Waals surface area (Å²) in [6.45, 7) is 0. The van der Waals surface area contributed by atoms with Gasteiger partial charge in [0.1, 0.15) is 0 Å². The Hall–Kier alpha value is -0.960. The zero-order valence-corrected chi connectivity index (χ0v) is 5.98. The minimum Gasteiger partial charge on any atom is -0.464 e. The summed E-state index contributed by atoms with van der Waals surface area (Å²) in [5.41, 5.74) is 0. The van der Waals surface area contributed by atoms with Crippen LogP contribution in [0.15, 0.2) is 3.77 Å². The quantitative estimate of drug-likeness (QED) is 0.568. The van der Waals surface area contributed by atoms with Gasteiger partial charge in [0.15, 0.2) is 0 Å². The highest BCUT2D eigenvalue weighted by atomic mass is 32.2. The van der Waals surface area contributed by atoms with Crippen LogP contribution < -0.4 is 4.72 Å². The summed E-state index contributed by atoms with van der Waals surface area (Å²) >= 11 is -2.42. The molecule has 0 aromatic carbocycles. The second-order valence-electron chi connectivity index (χ2n) is 0.948. The van der Waals surface area contributed by atoms with Gasteiger partial charge in [0.2, 0.25) is 0 Å². The Kier molecular flexibility index (Phi) is 3.57. The molecule has 0 spiro atoms. The number of amides is 1. The van der Waals surface area contributed by atoms with Gasteiger partial charge in [-0.25, -0.2) is 13.7 Å². The molecule has 0 aromatic rings. The zero-order chi connectivity index (χ0) is 8.15. The van der Waals surface area contributed by atoms with E-state index < -0.39 is 27.8 Å². The van der Waals surface area contributed by atoms with Gasteiger partial charge in [0, 0.05) is 0 Å². The Morgan fingerprint density at radius 3 is 2.20 bits per heavy atom. The summed E-state index contributed by atoms with van der Waals surface area (Å²) in [4.78, 5) is 9.63. The van der Waals surface area contributed by atoms with Gasteiger partial charge in [-0.05, 0) is 3.77 Å². The molecule has 1 amide bonds. The third-order valence-corrected chi connectivity index (χ3v) is 1.68. The van der Waals surface area contributed by atoms with Gasteiger partial charge in [0.25, 0.3) is 11.2 Å². The van der Waals surface area contributed by atoms with E-state index >= 15 is 0 Å². The number of nitrogens with one attached hydrogen (secondary N) is 1. The molecular formula is CH2N2O5S2. The maximum Gasteiger partial charge on any atom is 0.418 e. The van der Waals surface area contributed by atoms with Crippen LogP contribution in [0.1, 0.15) is 0 Å². The molecule has 0 aromatic heterocycles. The van der Waals surface area contributed by atoms with E-state index in [0.29, 0.717) is 0 Å². The summed E-state index contributed by atoms with van der Waals surface area (Å²) in [6.07, 6.45) is -1.60. The van der Waals surface area contributed by atoms with Crippen molar-refractivity contribution in [2.75, 3.05) is 0 Å². The predicted octanol–water partition coefficient (Wildman–Crippen LogP) is -1.10. The van der Waals surface area contributed by atoms with Crippen molar-refractivity contribution in [1.29, 1.82) is 0 Å². The van der Waals surface area contributed by atoms with Crippen LogP contribution in [0.25, 0.3) is 0 Å². The molecule has 0 radical (unpaired) electrons. The van der Waals surface area contributed by atoms with Gasteiger partial charge in [-0.2, -0.15) is 8.42 Å². The number of carbonyl (C=O) groups is 1. The first kappa shape index (κ1) is 9.04. The molecule has 0 heterocycles. The molecular weight excluding hydrogens is 184 g/mol. The van der Waals surface area contributed by atoms with E-state index in [2.05, 4.69) is 3.77 Å². The molecule has 0 aliphatic heterocycles. The molecule has 0 fully saturated rings. The Balaban J connectivity index is 4.14. The highest BCUT2D eigenvalue weighted by Gasteiger charge is 1.99. The molecule has 1 atom stereocenters. The van der Waals surface area contributed by atoms with E-state index in [1.54, 1.807) is 0 Å². The SMILES string of the molecule is O=C(O)NS(=O)N=S(=O)=O. The van der Waals surface area contributed by atoms with Crippen molar-refractivity contribution in [3.63, 3.8) is 0 Å². The maximum absolute atomic E-state index is 10.1. The molecule has 2 N–H and O–H groups in total. The van der Waals surface area contributed by atoms with Gasteiger partial charge < -0.3 is 5.11 Å². The Morgan fingerprint density at radius 1 is 1.40 bits per heavy atom. The number of nitrogens with zero attached hydrogens (tertiary/aromatic N) is 1. The molecule has 0 bridgehead atoms. The van der Waals surface area contributed by atoms with Crippen molar-refractivity contribution in [1.82, 2.24) is 4.72 Å². The first-order chi connectivity index (χ1) is 4.52. The maximum atomic E-state index is 10.1. The summed E-state index contributed by atoms with van der Waals surface area (Å²) in [7, 11) is -2.86. The minimum absolute atomic E-state index is 1.30. The fourth-order valence-electron chi connectivity index (χ4n) is 0.149. The topological polar surface area (TPSA) is 113 Å². The van der Waals surface area contributed by atoms with Crippen LogP contribution in [-0.4, -0.2) is 23.8 Å². The first-order valence-corrected chi connectivity index (χ1v) is 3.89. The van der Waals surface area contributed by atoms with E-state index in [1.165, 1.54) is 4.72 Å². The Labute approximate surface area is 59.5 Å². The molecule has 58 valence electrons. The van der Waals surface area contributed by atoms with Gasteiger partial charge in [-0.3, -0.25) is 0 Å². The lowest BCUT2D eigenvalue weighted by Gasteiger charge is -1.87. The van der Waals surface area contributed by atoms with Crippen molar-refractivity contribution in [2.24, 2.45) is 3.77 Å². The predicted molar refractivity (Wildman–Crippen MR) is 30.7 cm³/mol. The van der Waals surface area contributed by atoms with Crippen LogP contribution in [0.5, 0.6) is 0 Å². The summed E-state index contributed by atoms with van der Waals surface area (Å²) in [6, 6.07) is 0. The smallest absolute Gasteiger partial charge is 0.418 e. The number of hydrogen-bond donors (Lipinski definition) is 2. The highest BCUT2D eigenvalue weighted by Crippen LogP contribution is 1.74. The van der Waals surface area contributed by atoms with Crippen molar-refractivity contribution in [3.05, 3.63) is 0 Å². The van der Waals surface area contributed by atoms with Gasteiger partial charge >= 0.3 is 16.6 Å². The third-order valence-electron chi connectivity index (χ3n) is 0.303. The number of rotatable bonds is 2. The molecule has 1 unspecified atom stereocenters. The van der Waals surface area contributed by atoms with Gasteiger partial charge in [-0.1, -0.05) is 0 Å². The van der Waals surface area contributed by atoms with Crippen LogP contribution in [0.4, 0.5) is 4.79 Å². The summed E-state index contributed by atoms with van der Waals surface area (Å²) in [5.74, 6) is 0. The van der Waals surface area contributed by atoms with Crippen molar-refractivity contribution in [2.45, 2.75) is 0 Å². The molecule has 0 aliphatic carbocycles. The lowest BCUT2D eigenvalue weighted by Crippen LogP contribution is -2.21. The van der Waals surface area contributed by atoms with E-state index in [9.17, 15) is 17.4 Å². The van der Waals surface area contributed by atoms with Crippen LogP contribution in [0, 0.1) is 0 Å². The first-order valence-electron chi connectivity index (χ1n) is 1.75. The highest BCUT2D eigenvalue weighted by molar-refractivity contribution is 7.87. The molecule has 7 nitrogen and oxygen atoms in total. The van der Waals surface area contributed by atoms with Gasteiger partial charge in [-0.15, -0.1) is 0 Å². The fourth-order valence-corrected chi connectivity index (χ4v) is 0.889. The lowest BCUT2D eigenvalue weighted by atomic mass is 11.3. The van der Waals surface area contributed by atoms with E-state index in [-0.39, 0.29) is 0 Å². The van der Waals surface area contributed by atoms with Crippen LogP contribution >= 0.6 is 0 Å². The average Bonchev–Trinajstić information content (AvgIpc) is 1.58. The van der Waals surface area contributed by atoms with Gasteiger partial charge in [0.05, 0.1) is 0 Å². The van der Waals surface area contributed by atoms with E-state index in [1.807, 2.05) is 0 Å². The molecule has 0 saturated carbocycles. The second-order valence-corrected chi connectivity index (χ2v) is 2.68. The van der Waals surface area contributed by atoms with Crippen molar-refractivity contribution in [3.8, 4) is 0 Å². The minimum atomic E-state index is -2.86. The largest absolute Gasteiger partial charge is 0.464 e. The zero-order valence-electron chi connectivity index (χ0n) is 4.34. The molecule has 0 aliphatic rings. The van der Waals surface area contributed by atoms with Crippen molar-refractivity contribution < 1.29 is 22.5 Å². The monoisotopic (exact) mass is 186 g/mol. The van der Waals surface area contributed by atoms with Crippen LogP contribution in [0.2, 0.25) is 0 Å². The average molecular weight is 186 g/mol. The van der Waals surface area contributed by atoms with Crippen LogP contribution in [-0.2, 0) is 21.7 Å². The number of hydrogen-bond acceptors (Lipinski definition) is 4. The molecule has 0 rings (SSSR count). The van der Waals surface area contributed by atoms with Crippen molar-refractivity contribution >= 4 is 27.8 Å². The second kappa shape index (κ2) is 3.95. The third kappa shape index (κ3) is 5.18. The Morgan fingerprint density at radius 2 is 1.90 bits per heavy atom. The fraction of sp³-hybridized carbons (Fsp3) is 0. The summed E-state index contributed by atoms with van der Waals surface area (Å²) in [5, 5.41) is 7.83.